The molecule has 0 saturated carbocycles. The molecule has 2 aromatic heterocycles. The van der Waals surface area contributed by atoms with E-state index in [4.69, 9.17) is 28.8 Å². The third kappa shape index (κ3) is 7.69. The maximum atomic E-state index is 14.1. The van der Waals surface area contributed by atoms with Crippen LogP contribution in [0.2, 0.25) is 0 Å². The summed E-state index contributed by atoms with van der Waals surface area (Å²) < 4.78 is 44.2. The summed E-state index contributed by atoms with van der Waals surface area (Å²) in [6, 6.07) is -2.13. The predicted molar refractivity (Wildman–Crippen MR) is 152 cm³/mol. The lowest BCUT2D eigenvalue weighted by atomic mass is 10.1. The Morgan fingerprint density at radius 2 is 1.67 bits per heavy atom. The summed E-state index contributed by atoms with van der Waals surface area (Å²) >= 11 is 0. The Morgan fingerprint density at radius 3 is 2.20 bits per heavy atom. The highest BCUT2D eigenvalue weighted by molar-refractivity contribution is 7.51. The molecule has 21 heteroatoms. The predicted octanol–water partition coefficient (Wildman–Crippen LogP) is -0.389. The van der Waals surface area contributed by atoms with Gasteiger partial charge in [0.05, 0.1) is 32.5 Å². The molecule has 2 fully saturated rings. The van der Waals surface area contributed by atoms with E-state index in [9.17, 15) is 33.6 Å². The summed E-state index contributed by atoms with van der Waals surface area (Å²) in [5.74, 6) is -0.811. The molecule has 0 aromatic carbocycles. The summed E-state index contributed by atoms with van der Waals surface area (Å²) in [7, 11) is -3.40. The number of aromatic nitrogens is 4. The van der Waals surface area contributed by atoms with Crippen LogP contribution in [0.4, 0.5) is 0 Å². The second-order valence-electron chi connectivity index (χ2n) is 10.5. The molecule has 0 spiro atoms. The topological polar surface area (TPSA) is 271 Å². The number of carbonyl (C=O) groups excluding carboxylic acids is 1. The number of ether oxygens (including phenoxy) is 3. The molecule has 45 heavy (non-hydrogen) atoms. The quantitative estimate of drug-likeness (QED) is 0.0746. The normalized spacial score (nSPS) is 26.6. The summed E-state index contributed by atoms with van der Waals surface area (Å²) in [5, 5.41) is 16.1. The van der Waals surface area contributed by atoms with Crippen LogP contribution in [0.3, 0.4) is 0 Å². The van der Waals surface area contributed by atoms with E-state index in [0.29, 0.717) is 0 Å². The van der Waals surface area contributed by atoms with E-state index in [1.165, 1.54) is 33.2 Å². The number of esters is 1. The van der Waals surface area contributed by atoms with Gasteiger partial charge in [0.2, 0.25) is 0 Å². The Kier molecular flexibility index (Phi) is 10.6. The number of carbonyl (C=O) groups is 1. The molecule has 0 amide bonds. The highest BCUT2D eigenvalue weighted by Gasteiger charge is 2.45. The number of methoxy groups -OCH3 is 1. The minimum atomic E-state index is -4.52. The van der Waals surface area contributed by atoms with E-state index in [0.717, 1.165) is 16.2 Å². The first-order chi connectivity index (χ1) is 21.3. The number of azide groups is 1. The summed E-state index contributed by atoms with van der Waals surface area (Å²) in [6.45, 7) is 3.15. The first kappa shape index (κ1) is 34.0. The number of aryl methyl sites for hydroxylation is 2. The molecule has 4 N–H and O–H groups in total. The second-order valence-corrected chi connectivity index (χ2v) is 12.2. The van der Waals surface area contributed by atoms with Gasteiger partial charge in [0.1, 0.15) is 30.7 Å². The standard InChI is InChI=1S/C24H33N8O12P/c1-11-7-31(23(37)26-20(11)34)18-5-14(28-30-25)17(43-18)10-41-45(39,29-13(3)22(36)40-4)44-15-6-19(42-16(15)9-33)32-8-12(2)21(35)27-24(32)38/h7-8,13-19,33H,5-6,9-10H2,1-4H3,(H,29,39)(H,26,34,37)(H,27,35,38)/t13?,14-,15-,16+,17+,18+,19+,45?/m0/s1. The van der Waals surface area contributed by atoms with Gasteiger partial charge >= 0.3 is 25.1 Å². The van der Waals surface area contributed by atoms with Gasteiger partial charge in [-0.15, -0.1) is 0 Å². The van der Waals surface area contributed by atoms with Crippen molar-refractivity contribution in [1.29, 1.82) is 0 Å². The summed E-state index contributed by atoms with van der Waals surface area (Å²) in [6.07, 6.45) is -2.92. The van der Waals surface area contributed by atoms with Gasteiger partial charge in [0.25, 0.3) is 11.1 Å². The van der Waals surface area contributed by atoms with Gasteiger partial charge in [0.15, 0.2) is 0 Å². The fraction of sp³-hybridized carbons (Fsp3) is 0.625. The van der Waals surface area contributed by atoms with Crippen LogP contribution < -0.4 is 27.6 Å². The average molecular weight is 657 g/mol. The number of H-pyrrole nitrogens is 2. The van der Waals surface area contributed by atoms with Crippen molar-refractivity contribution in [1.82, 2.24) is 24.2 Å². The largest absolute Gasteiger partial charge is 0.468 e. The number of nitrogens with zero attached hydrogens (tertiary/aromatic N) is 5. The number of aromatic amines is 2. The smallest absolute Gasteiger partial charge is 0.406 e. The van der Waals surface area contributed by atoms with Crippen molar-refractivity contribution in [3.63, 3.8) is 0 Å². The van der Waals surface area contributed by atoms with Gasteiger partial charge in [-0.3, -0.25) is 42.5 Å². The van der Waals surface area contributed by atoms with Crippen molar-refractivity contribution in [3.05, 3.63) is 75.6 Å². The van der Waals surface area contributed by atoms with Gasteiger partial charge in [0, 0.05) is 41.3 Å². The number of hydrogen-bond donors (Lipinski definition) is 4. The van der Waals surface area contributed by atoms with Crippen LogP contribution in [0.5, 0.6) is 0 Å². The molecule has 8 atom stereocenters. The van der Waals surface area contributed by atoms with Crippen LogP contribution >= 0.6 is 7.75 Å². The first-order valence-corrected chi connectivity index (χ1v) is 15.2. The minimum Gasteiger partial charge on any atom is -0.468 e. The zero-order valence-electron chi connectivity index (χ0n) is 24.6. The van der Waals surface area contributed by atoms with Crippen molar-refractivity contribution < 1.29 is 37.7 Å². The number of rotatable bonds is 12. The van der Waals surface area contributed by atoms with Crippen molar-refractivity contribution in [2.75, 3.05) is 20.3 Å². The number of hydrogen-bond acceptors (Lipinski definition) is 13. The maximum Gasteiger partial charge on any atom is 0.406 e. The van der Waals surface area contributed by atoms with Crippen LogP contribution in [0.1, 0.15) is 43.3 Å². The van der Waals surface area contributed by atoms with Gasteiger partial charge in [-0.05, 0) is 26.3 Å². The summed E-state index contributed by atoms with van der Waals surface area (Å²) in [4.78, 5) is 67.8. The molecule has 4 heterocycles. The highest BCUT2D eigenvalue weighted by atomic mass is 31.2. The molecule has 20 nitrogen and oxygen atoms in total. The number of nitrogens with one attached hydrogen (secondary N) is 3. The SMILES string of the molecule is COC(=O)C(C)NP(=O)(OC[C@H]1O[C@@H](n2cc(C)c(=O)[nH]c2=O)C[C@@H]1N=[N+]=[N-])O[C@H]1C[C@H](n2cc(C)c(=O)[nH]c2=O)O[C@@H]1CO. The fourth-order valence-electron chi connectivity index (χ4n) is 4.88. The third-order valence-electron chi connectivity index (χ3n) is 7.27. The lowest BCUT2D eigenvalue weighted by molar-refractivity contribution is -0.142. The molecular formula is C24H33N8O12P. The zero-order chi connectivity index (χ0) is 33.1. The Morgan fingerprint density at radius 1 is 1.11 bits per heavy atom. The van der Waals surface area contributed by atoms with E-state index < -0.39 is 92.3 Å². The van der Waals surface area contributed by atoms with Crippen LogP contribution in [-0.4, -0.2) is 80.9 Å². The Balaban J connectivity index is 1.57. The summed E-state index contributed by atoms with van der Waals surface area (Å²) in [5.41, 5.74) is 6.85. The van der Waals surface area contributed by atoms with E-state index in [-0.39, 0.29) is 24.0 Å². The van der Waals surface area contributed by atoms with Crippen LogP contribution in [0.25, 0.3) is 10.4 Å². The fourth-order valence-corrected chi connectivity index (χ4v) is 6.58. The van der Waals surface area contributed by atoms with Gasteiger partial charge < -0.3 is 19.3 Å². The van der Waals surface area contributed by atoms with Gasteiger partial charge in [-0.2, -0.15) is 0 Å². The van der Waals surface area contributed by atoms with Crippen molar-refractivity contribution in [2.24, 2.45) is 5.11 Å². The Hall–Kier alpha value is -3.87. The second kappa shape index (κ2) is 14.1. The monoisotopic (exact) mass is 656 g/mol. The molecule has 2 aromatic rings. The molecule has 0 bridgehead atoms. The number of aliphatic hydroxyl groups is 1. The van der Waals surface area contributed by atoms with E-state index in [1.807, 2.05) is 0 Å². The Labute approximate surface area is 253 Å². The third-order valence-corrected chi connectivity index (χ3v) is 9.01. The van der Waals surface area contributed by atoms with Crippen molar-refractivity contribution in [2.45, 2.75) is 76.5 Å². The lowest BCUT2D eigenvalue weighted by Gasteiger charge is -2.27. The van der Waals surface area contributed by atoms with Crippen molar-refractivity contribution in [3.8, 4) is 0 Å². The lowest BCUT2D eigenvalue weighted by Crippen LogP contribution is -2.37. The molecule has 2 saturated heterocycles. The van der Waals surface area contributed by atoms with Gasteiger partial charge in [-0.25, -0.2) is 19.2 Å². The van der Waals surface area contributed by atoms with E-state index >= 15 is 0 Å². The molecule has 4 rings (SSSR count). The molecule has 2 aliphatic rings. The molecule has 0 aliphatic carbocycles. The zero-order valence-corrected chi connectivity index (χ0v) is 25.5. The van der Waals surface area contributed by atoms with E-state index in [1.54, 1.807) is 0 Å². The molecular weight excluding hydrogens is 623 g/mol. The molecule has 0 radical (unpaired) electrons. The molecule has 246 valence electrons. The van der Waals surface area contributed by atoms with Crippen LogP contribution in [-0.2, 0) is 32.6 Å². The minimum absolute atomic E-state index is 0.00129. The maximum absolute atomic E-state index is 14.1. The Bertz CT molecular complexity index is 1750. The first-order valence-electron chi connectivity index (χ1n) is 13.7. The van der Waals surface area contributed by atoms with Crippen LogP contribution in [0, 0.1) is 13.8 Å². The van der Waals surface area contributed by atoms with Gasteiger partial charge in [-0.1, -0.05) is 5.11 Å². The average Bonchev–Trinajstić information content (AvgIpc) is 3.58. The van der Waals surface area contributed by atoms with Crippen molar-refractivity contribution >= 4 is 13.7 Å². The molecule has 2 unspecified atom stereocenters. The number of aliphatic hydroxyl groups excluding tert-OH is 1. The molecule has 2 aliphatic heterocycles. The highest BCUT2D eigenvalue weighted by Crippen LogP contribution is 2.50. The van der Waals surface area contributed by atoms with Crippen LogP contribution in [0.15, 0.2) is 36.7 Å². The van der Waals surface area contributed by atoms with E-state index in [2.05, 4.69) is 25.1 Å².